The van der Waals surface area contributed by atoms with Crippen molar-refractivity contribution >= 4 is 36.1 Å². The van der Waals surface area contributed by atoms with Crippen molar-refractivity contribution < 1.29 is 14.1 Å². The maximum atomic E-state index is 11.8. The van der Waals surface area contributed by atoms with Crippen LogP contribution in [0.1, 0.15) is 6.92 Å². The number of pyridine rings is 1. The third-order valence-corrected chi connectivity index (χ3v) is 3.08. The van der Waals surface area contributed by atoms with Crippen molar-refractivity contribution in [2.45, 2.75) is 6.92 Å². The third kappa shape index (κ3) is 3.21. The molecule has 0 radical (unpaired) electrons. The van der Waals surface area contributed by atoms with Crippen LogP contribution < -0.4 is 4.57 Å². The van der Waals surface area contributed by atoms with Gasteiger partial charge in [0, 0.05) is 12.1 Å². The highest BCUT2D eigenvalue weighted by atomic mass is 32.2. The molecule has 0 fully saturated rings. The van der Waals surface area contributed by atoms with Gasteiger partial charge in [0.05, 0.1) is 6.61 Å². The number of aromatic nitrogens is 1. The standard InChI is InChI=1S/C11H13NO2S2/c1-3-14-10(13)9(11(15)16-2)12-7-5-4-6-8-12/h4-8H,3H2,1-2H3. The molecule has 0 N–H and O–H groups in total. The molecule has 0 amide bonds. The molecule has 0 saturated carbocycles. The molecule has 0 aliphatic heterocycles. The molecule has 1 heterocycles. The quantitative estimate of drug-likeness (QED) is 0.354. The Morgan fingerprint density at radius 1 is 1.38 bits per heavy atom. The van der Waals surface area contributed by atoms with Gasteiger partial charge in [-0.1, -0.05) is 10.3 Å². The second-order valence-corrected chi connectivity index (χ2v) is 4.33. The van der Waals surface area contributed by atoms with Gasteiger partial charge in [-0.15, -0.1) is 0 Å². The summed E-state index contributed by atoms with van der Waals surface area (Å²) < 4.78 is 7.18. The van der Waals surface area contributed by atoms with E-state index in [0.29, 0.717) is 16.5 Å². The molecule has 0 aromatic carbocycles. The summed E-state index contributed by atoms with van der Waals surface area (Å²) >= 11 is 6.51. The number of thioether (sulfide) groups is 1. The van der Waals surface area contributed by atoms with Gasteiger partial charge < -0.3 is 17.4 Å². The predicted octanol–water partition coefficient (Wildman–Crippen LogP) is 1.57. The molecule has 0 atom stereocenters. The summed E-state index contributed by atoms with van der Waals surface area (Å²) in [6.45, 7) is 2.11. The number of hydrogen-bond acceptors (Lipinski definition) is 4. The Morgan fingerprint density at radius 3 is 2.50 bits per heavy atom. The molecule has 1 aromatic rings. The van der Waals surface area contributed by atoms with Crippen molar-refractivity contribution in [3.8, 4) is 0 Å². The summed E-state index contributed by atoms with van der Waals surface area (Å²) in [6.07, 6.45) is 5.38. The van der Waals surface area contributed by atoms with E-state index in [1.54, 1.807) is 23.9 Å². The predicted molar refractivity (Wildman–Crippen MR) is 67.4 cm³/mol. The normalized spacial score (nSPS) is 11.9. The molecule has 16 heavy (non-hydrogen) atoms. The van der Waals surface area contributed by atoms with E-state index >= 15 is 0 Å². The lowest BCUT2D eigenvalue weighted by Gasteiger charge is -2.11. The minimum Gasteiger partial charge on any atom is -0.766 e. The summed E-state index contributed by atoms with van der Waals surface area (Å²) in [4.78, 5) is 11.8. The van der Waals surface area contributed by atoms with Crippen LogP contribution in [0.25, 0.3) is 5.70 Å². The lowest BCUT2D eigenvalue weighted by Crippen LogP contribution is -2.37. The van der Waals surface area contributed by atoms with Gasteiger partial charge >= 0.3 is 5.97 Å². The van der Waals surface area contributed by atoms with Gasteiger partial charge in [0.1, 0.15) is 0 Å². The van der Waals surface area contributed by atoms with Crippen molar-refractivity contribution in [1.82, 2.24) is 0 Å². The minimum atomic E-state index is -0.391. The molecular formula is C11H13NO2S2. The Bertz CT molecular complexity index is 390. The minimum absolute atomic E-state index is 0.340. The Hall–Kier alpha value is -1.07. The molecule has 0 spiro atoms. The number of carbonyl (C=O) groups excluding carboxylic acids is 1. The first-order valence-electron chi connectivity index (χ1n) is 4.79. The highest BCUT2D eigenvalue weighted by Gasteiger charge is 2.21. The zero-order chi connectivity index (χ0) is 12.0. The molecule has 86 valence electrons. The van der Waals surface area contributed by atoms with E-state index in [9.17, 15) is 4.79 Å². The van der Waals surface area contributed by atoms with Gasteiger partial charge in [-0.2, -0.15) is 16.3 Å². The summed E-state index contributed by atoms with van der Waals surface area (Å²) in [6, 6.07) is 5.55. The summed E-state index contributed by atoms with van der Waals surface area (Å²) in [5.74, 6) is -0.391. The third-order valence-electron chi connectivity index (χ3n) is 1.82. The lowest BCUT2D eigenvalue weighted by molar-refractivity contribution is -0.578. The smallest absolute Gasteiger partial charge is 0.403 e. The van der Waals surface area contributed by atoms with Crippen LogP contribution in [0.5, 0.6) is 0 Å². The summed E-state index contributed by atoms with van der Waals surface area (Å²) in [5, 5.41) is 0. The van der Waals surface area contributed by atoms with Gasteiger partial charge in [-0.25, -0.2) is 4.79 Å². The van der Waals surface area contributed by atoms with Crippen LogP contribution in [0.2, 0.25) is 0 Å². The molecule has 0 aliphatic carbocycles. The van der Waals surface area contributed by atoms with Gasteiger partial charge in [-0.05, 0) is 13.2 Å². The van der Waals surface area contributed by atoms with E-state index in [0.717, 1.165) is 0 Å². The summed E-state index contributed by atoms with van der Waals surface area (Å²) in [7, 11) is 0. The van der Waals surface area contributed by atoms with E-state index in [4.69, 9.17) is 17.4 Å². The van der Waals surface area contributed by atoms with Crippen LogP contribution in [0, 0.1) is 0 Å². The number of ether oxygens (including phenoxy) is 1. The second-order valence-electron chi connectivity index (χ2n) is 2.84. The SMILES string of the molecule is CCOC(=O)/C(=C(/[S-])SC)[n+]1ccccc1. The van der Waals surface area contributed by atoms with Crippen LogP contribution in [0.15, 0.2) is 34.8 Å². The Morgan fingerprint density at radius 2 is 2.00 bits per heavy atom. The Labute approximate surface area is 105 Å². The fraction of sp³-hybridized carbons (Fsp3) is 0.273. The molecular weight excluding hydrogens is 242 g/mol. The maximum absolute atomic E-state index is 11.8. The van der Waals surface area contributed by atoms with E-state index < -0.39 is 5.97 Å². The van der Waals surface area contributed by atoms with Crippen LogP contribution in [-0.2, 0) is 22.2 Å². The van der Waals surface area contributed by atoms with Crippen LogP contribution >= 0.6 is 11.8 Å². The highest BCUT2D eigenvalue weighted by molar-refractivity contribution is 8.10. The maximum Gasteiger partial charge on any atom is 0.403 e. The first-order chi connectivity index (χ1) is 7.70. The zero-order valence-electron chi connectivity index (χ0n) is 9.17. The fourth-order valence-corrected chi connectivity index (χ4v) is 1.71. The fourth-order valence-electron chi connectivity index (χ4n) is 1.14. The Balaban J connectivity index is 3.13. The highest BCUT2D eigenvalue weighted by Crippen LogP contribution is 2.15. The zero-order valence-corrected chi connectivity index (χ0v) is 10.8. The van der Waals surface area contributed by atoms with Crippen molar-refractivity contribution in [3.63, 3.8) is 0 Å². The monoisotopic (exact) mass is 255 g/mol. The van der Waals surface area contributed by atoms with Gasteiger partial charge in [0.15, 0.2) is 12.4 Å². The molecule has 1 aromatic heterocycles. The number of hydrogen-bond donors (Lipinski definition) is 0. The lowest BCUT2D eigenvalue weighted by atomic mass is 10.4. The van der Waals surface area contributed by atoms with Gasteiger partial charge in [0.25, 0.3) is 5.70 Å². The number of carbonyl (C=O) groups is 1. The van der Waals surface area contributed by atoms with E-state index in [1.807, 2.05) is 24.5 Å². The Kier molecular flexibility index (Phi) is 5.28. The van der Waals surface area contributed by atoms with Crippen molar-refractivity contribution in [2.75, 3.05) is 12.9 Å². The number of esters is 1. The van der Waals surface area contributed by atoms with Crippen LogP contribution in [-0.4, -0.2) is 18.8 Å². The number of rotatable bonds is 4. The topological polar surface area (TPSA) is 30.2 Å². The van der Waals surface area contributed by atoms with Gasteiger partial charge in [-0.3, -0.25) is 0 Å². The molecule has 1 rings (SSSR count). The molecule has 3 nitrogen and oxygen atoms in total. The van der Waals surface area contributed by atoms with Crippen molar-refractivity contribution in [2.24, 2.45) is 0 Å². The largest absolute Gasteiger partial charge is 0.766 e. The van der Waals surface area contributed by atoms with Crippen LogP contribution in [0.4, 0.5) is 0 Å². The average molecular weight is 255 g/mol. The first kappa shape index (κ1) is 13.0. The molecule has 0 bridgehead atoms. The first-order valence-corrected chi connectivity index (χ1v) is 6.43. The van der Waals surface area contributed by atoms with E-state index in [-0.39, 0.29) is 0 Å². The van der Waals surface area contributed by atoms with E-state index in [2.05, 4.69) is 0 Å². The van der Waals surface area contributed by atoms with Crippen molar-refractivity contribution in [1.29, 1.82) is 0 Å². The van der Waals surface area contributed by atoms with Gasteiger partial charge in [0.2, 0.25) is 0 Å². The van der Waals surface area contributed by atoms with Crippen molar-refractivity contribution in [3.05, 3.63) is 34.8 Å². The molecule has 0 saturated heterocycles. The number of nitrogens with zero attached hydrogens (tertiary/aromatic N) is 1. The average Bonchev–Trinajstić information content (AvgIpc) is 2.31. The molecule has 0 aliphatic rings. The second kappa shape index (κ2) is 6.50. The molecule has 5 heteroatoms. The van der Waals surface area contributed by atoms with Crippen LogP contribution in [0.3, 0.4) is 0 Å². The molecule has 0 unspecified atom stereocenters. The van der Waals surface area contributed by atoms with E-state index in [1.165, 1.54) is 11.8 Å². The summed E-state index contributed by atoms with van der Waals surface area (Å²) in [5.41, 5.74) is 0.393.